The summed E-state index contributed by atoms with van der Waals surface area (Å²) in [6.45, 7) is 3.48. The third kappa shape index (κ3) is 3.95. The molecule has 1 aromatic heterocycles. The van der Waals surface area contributed by atoms with Crippen molar-refractivity contribution in [3.63, 3.8) is 0 Å². The van der Waals surface area contributed by atoms with Crippen molar-refractivity contribution in [1.29, 1.82) is 0 Å². The van der Waals surface area contributed by atoms with Crippen LogP contribution in [0.1, 0.15) is 23.8 Å². The van der Waals surface area contributed by atoms with Crippen molar-refractivity contribution in [1.82, 2.24) is 19.8 Å². The largest absolute Gasteiger partial charge is 0.340 e. The molecule has 2 aliphatic heterocycles. The predicted octanol–water partition coefficient (Wildman–Crippen LogP) is -0.596. The summed E-state index contributed by atoms with van der Waals surface area (Å²) in [5.41, 5.74) is 0.277. The summed E-state index contributed by atoms with van der Waals surface area (Å²) in [5, 5.41) is 0. The van der Waals surface area contributed by atoms with E-state index in [1.165, 1.54) is 13.1 Å². The van der Waals surface area contributed by atoms with Crippen molar-refractivity contribution >= 4 is 27.6 Å². The molecule has 0 N–H and O–H groups in total. The Hall–Kier alpha value is -2.23. The van der Waals surface area contributed by atoms with Gasteiger partial charge in [0.1, 0.15) is 5.69 Å². The molecule has 26 heavy (non-hydrogen) atoms. The second kappa shape index (κ2) is 7.18. The van der Waals surface area contributed by atoms with Crippen LogP contribution in [0.15, 0.2) is 12.3 Å². The number of hydrogen-bond acceptors (Lipinski definition) is 7. The lowest BCUT2D eigenvalue weighted by molar-refractivity contribution is -0.130. The van der Waals surface area contributed by atoms with E-state index < -0.39 is 9.84 Å². The van der Waals surface area contributed by atoms with Crippen LogP contribution in [-0.4, -0.2) is 90.8 Å². The van der Waals surface area contributed by atoms with Gasteiger partial charge in [-0.15, -0.1) is 0 Å². The number of piperazine rings is 1. The first-order chi connectivity index (χ1) is 12.3. The van der Waals surface area contributed by atoms with Gasteiger partial charge in [0.2, 0.25) is 11.9 Å². The number of anilines is 1. The van der Waals surface area contributed by atoms with E-state index in [0.29, 0.717) is 38.5 Å². The number of carbonyl (C=O) groups is 2. The monoisotopic (exact) mass is 381 g/mol. The smallest absolute Gasteiger partial charge is 0.272 e. The highest BCUT2D eigenvalue weighted by Gasteiger charge is 2.32. The average molecular weight is 381 g/mol. The Morgan fingerprint density at radius 2 is 1.85 bits per heavy atom. The molecule has 1 aromatic rings. The minimum absolute atomic E-state index is 0.00885. The zero-order chi connectivity index (χ0) is 18.9. The molecule has 10 heteroatoms. The summed E-state index contributed by atoms with van der Waals surface area (Å²) < 4.78 is 23.4. The third-order valence-electron chi connectivity index (χ3n) is 4.95. The second-order valence-corrected chi connectivity index (χ2v) is 8.94. The number of rotatable bonds is 3. The SMILES string of the molecule is CC(=O)N1CCN(C(=O)c2ccnc(N(C)C3CCS(=O)(=O)C3)n2)CC1. The quantitative estimate of drug-likeness (QED) is 0.689. The summed E-state index contributed by atoms with van der Waals surface area (Å²) >= 11 is 0. The molecule has 0 aromatic carbocycles. The fraction of sp³-hybridized carbons (Fsp3) is 0.625. The van der Waals surface area contributed by atoms with Crippen LogP contribution in [0.3, 0.4) is 0 Å². The van der Waals surface area contributed by atoms with Gasteiger partial charge in [-0.3, -0.25) is 9.59 Å². The maximum atomic E-state index is 12.7. The highest BCUT2D eigenvalue weighted by molar-refractivity contribution is 7.91. The van der Waals surface area contributed by atoms with Gasteiger partial charge in [-0.1, -0.05) is 0 Å². The Kier molecular flexibility index (Phi) is 5.12. The van der Waals surface area contributed by atoms with E-state index in [1.807, 2.05) is 0 Å². The highest BCUT2D eigenvalue weighted by atomic mass is 32.2. The molecule has 0 spiro atoms. The maximum Gasteiger partial charge on any atom is 0.272 e. The second-order valence-electron chi connectivity index (χ2n) is 6.71. The van der Waals surface area contributed by atoms with Gasteiger partial charge in [-0.2, -0.15) is 0 Å². The normalized spacial score (nSPS) is 22.3. The minimum atomic E-state index is -3.01. The van der Waals surface area contributed by atoms with Crippen LogP contribution in [0.25, 0.3) is 0 Å². The first-order valence-corrected chi connectivity index (χ1v) is 10.4. The number of aromatic nitrogens is 2. The fourth-order valence-corrected chi connectivity index (χ4v) is 5.04. The molecular formula is C16H23N5O4S. The van der Waals surface area contributed by atoms with Gasteiger partial charge in [0, 0.05) is 52.4 Å². The average Bonchev–Trinajstić information content (AvgIpc) is 3.00. The first kappa shape index (κ1) is 18.6. The molecule has 142 valence electrons. The van der Waals surface area contributed by atoms with E-state index in [1.54, 1.807) is 27.8 Å². The van der Waals surface area contributed by atoms with Gasteiger partial charge in [-0.25, -0.2) is 18.4 Å². The van der Waals surface area contributed by atoms with Gasteiger partial charge in [0.25, 0.3) is 5.91 Å². The van der Waals surface area contributed by atoms with Gasteiger partial charge in [0.05, 0.1) is 11.5 Å². The van der Waals surface area contributed by atoms with Crippen LogP contribution in [-0.2, 0) is 14.6 Å². The molecule has 2 saturated heterocycles. The Morgan fingerprint density at radius 1 is 1.19 bits per heavy atom. The Labute approximate surface area is 152 Å². The summed E-state index contributed by atoms with van der Waals surface area (Å²) in [6.07, 6.45) is 2.05. The third-order valence-corrected chi connectivity index (χ3v) is 6.70. The number of nitrogens with zero attached hydrogens (tertiary/aromatic N) is 5. The van der Waals surface area contributed by atoms with Gasteiger partial charge in [-0.05, 0) is 12.5 Å². The molecule has 3 rings (SSSR count). The molecule has 9 nitrogen and oxygen atoms in total. The van der Waals surface area contributed by atoms with Crippen LogP contribution in [0.4, 0.5) is 5.95 Å². The van der Waals surface area contributed by atoms with Gasteiger partial charge >= 0.3 is 0 Å². The van der Waals surface area contributed by atoms with E-state index in [0.717, 1.165) is 0 Å². The van der Waals surface area contributed by atoms with Crippen LogP contribution < -0.4 is 4.90 Å². The number of sulfone groups is 1. The lowest BCUT2D eigenvalue weighted by Gasteiger charge is -2.34. The molecule has 0 bridgehead atoms. The minimum Gasteiger partial charge on any atom is -0.340 e. The maximum absolute atomic E-state index is 12.7. The van der Waals surface area contributed by atoms with Crippen molar-refractivity contribution in [2.24, 2.45) is 0 Å². The van der Waals surface area contributed by atoms with Crippen molar-refractivity contribution in [2.75, 3.05) is 49.6 Å². The Balaban J connectivity index is 1.69. The molecule has 1 atom stereocenters. The summed E-state index contributed by atoms with van der Waals surface area (Å²) in [5.74, 6) is 0.401. The van der Waals surface area contributed by atoms with Gasteiger partial charge < -0.3 is 14.7 Å². The number of hydrogen-bond donors (Lipinski definition) is 0. The zero-order valence-electron chi connectivity index (χ0n) is 15.0. The molecule has 0 saturated carbocycles. The van der Waals surface area contributed by atoms with E-state index in [9.17, 15) is 18.0 Å². The molecule has 2 fully saturated rings. The van der Waals surface area contributed by atoms with E-state index in [-0.39, 0.29) is 35.1 Å². The van der Waals surface area contributed by atoms with Crippen LogP contribution in [0.5, 0.6) is 0 Å². The van der Waals surface area contributed by atoms with E-state index >= 15 is 0 Å². The predicted molar refractivity (Wildman–Crippen MR) is 95.7 cm³/mol. The first-order valence-electron chi connectivity index (χ1n) is 8.58. The van der Waals surface area contributed by atoms with Crippen molar-refractivity contribution < 1.29 is 18.0 Å². The lowest BCUT2D eigenvalue weighted by Crippen LogP contribution is -2.50. The van der Waals surface area contributed by atoms with E-state index in [2.05, 4.69) is 9.97 Å². The number of amides is 2. The Morgan fingerprint density at radius 3 is 2.42 bits per heavy atom. The topological polar surface area (TPSA) is 104 Å². The summed E-state index contributed by atoms with van der Waals surface area (Å²) in [6, 6.07) is 1.38. The molecular weight excluding hydrogens is 358 g/mol. The molecule has 3 heterocycles. The van der Waals surface area contributed by atoms with Gasteiger partial charge in [0.15, 0.2) is 9.84 Å². The van der Waals surface area contributed by atoms with Crippen LogP contribution >= 0.6 is 0 Å². The fourth-order valence-electron chi connectivity index (χ4n) is 3.27. The van der Waals surface area contributed by atoms with Crippen LogP contribution in [0.2, 0.25) is 0 Å². The zero-order valence-corrected chi connectivity index (χ0v) is 15.8. The van der Waals surface area contributed by atoms with Crippen molar-refractivity contribution in [2.45, 2.75) is 19.4 Å². The summed E-state index contributed by atoms with van der Waals surface area (Å²) in [7, 11) is -1.26. The standard InChI is InChI=1S/C16H23N5O4S/c1-12(22)20-6-8-21(9-7-20)15(23)14-3-5-17-16(18-14)19(2)13-4-10-26(24,25)11-13/h3,5,13H,4,6-11H2,1-2H3. The molecule has 0 aliphatic carbocycles. The Bertz CT molecular complexity index is 805. The highest BCUT2D eigenvalue weighted by Crippen LogP contribution is 2.20. The van der Waals surface area contributed by atoms with Crippen molar-refractivity contribution in [3.05, 3.63) is 18.0 Å². The van der Waals surface area contributed by atoms with E-state index in [4.69, 9.17) is 0 Å². The van der Waals surface area contributed by atoms with Crippen LogP contribution in [0, 0.1) is 0 Å². The number of carbonyl (C=O) groups excluding carboxylic acids is 2. The molecule has 2 aliphatic rings. The van der Waals surface area contributed by atoms with Crippen molar-refractivity contribution in [3.8, 4) is 0 Å². The lowest BCUT2D eigenvalue weighted by atomic mass is 10.2. The molecule has 0 radical (unpaired) electrons. The summed E-state index contributed by atoms with van der Waals surface area (Å²) in [4.78, 5) is 37.7. The molecule has 1 unspecified atom stereocenters. The molecule has 2 amide bonds.